The summed E-state index contributed by atoms with van der Waals surface area (Å²) in [5.74, 6) is 0.881. The second-order valence-electron chi connectivity index (χ2n) is 7.07. The molecule has 0 bridgehead atoms. The van der Waals surface area contributed by atoms with Crippen molar-refractivity contribution in [2.75, 3.05) is 31.2 Å². The lowest BCUT2D eigenvalue weighted by Gasteiger charge is -2.25. The number of anilines is 1. The Bertz CT molecular complexity index is 967. The topological polar surface area (TPSA) is 79.2 Å². The first-order valence-electron chi connectivity index (χ1n) is 10.2. The molecule has 0 atom stereocenters. The van der Waals surface area contributed by atoms with Gasteiger partial charge in [-0.15, -0.1) is 0 Å². The second-order valence-corrected chi connectivity index (χ2v) is 7.07. The molecule has 0 aliphatic carbocycles. The summed E-state index contributed by atoms with van der Waals surface area (Å²) in [6.07, 6.45) is 0. The van der Waals surface area contributed by atoms with E-state index in [-0.39, 0.29) is 25.8 Å². The molecular formula is C25H27NO5. The van der Waals surface area contributed by atoms with Crippen molar-refractivity contribution in [3.8, 4) is 11.5 Å². The number of aliphatic hydroxyl groups is 2. The van der Waals surface area contributed by atoms with Crippen molar-refractivity contribution >= 4 is 11.7 Å². The van der Waals surface area contributed by atoms with Gasteiger partial charge in [-0.1, -0.05) is 30.3 Å². The molecule has 3 rings (SSSR count). The quantitative estimate of drug-likeness (QED) is 0.483. The van der Waals surface area contributed by atoms with E-state index in [9.17, 15) is 15.0 Å². The molecule has 0 heterocycles. The van der Waals surface area contributed by atoms with E-state index in [4.69, 9.17) is 9.47 Å². The van der Waals surface area contributed by atoms with Crippen molar-refractivity contribution in [1.82, 2.24) is 0 Å². The minimum absolute atomic E-state index is 0.0117. The van der Waals surface area contributed by atoms with Crippen LogP contribution < -0.4 is 9.64 Å². The molecule has 2 N–H and O–H groups in total. The minimum Gasteiger partial charge on any atom is -0.457 e. The van der Waals surface area contributed by atoms with Crippen LogP contribution in [0.25, 0.3) is 0 Å². The van der Waals surface area contributed by atoms with Crippen molar-refractivity contribution in [2.24, 2.45) is 0 Å². The summed E-state index contributed by atoms with van der Waals surface area (Å²) in [4.78, 5) is 14.2. The molecule has 0 aliphatic heterocycles. The third-order valence-corrected chi connectivity index (χ3v) is 4.79. The van der Waals surface area contributed by atoms with Gasteiger partial charge < -0.3 is 24.6 Å². The molecule has 0 fully saturated rings. The Morgan fingerprint density at radius 2 is 1.52 bits per heavy atom. The Kier molecular flexibility index (Phi) is 8.04. The first-order chi connectivity index (χ1) is 15.1. The zero-order valence-electron chi connectivity index (χ0n) is 17.5. The zero-order chi connectivity index (χ0) is 22.1. The molecule has 3 aromatic rings. The molecule has 0 saturated carbocycles. The first-order valence-corrected chi connectivity index (χ1v) is 10.2. The lowest BCUT2D eigenvalue weighted by molar-refractivity contribution is 0.0472. The smallest absolute Gasteiger partial charge is 0.338 e. The van der Waals surface area contributed by atoms with Gasteiger partial charge in [0.25, 0.3) is 0 Å². The molecule has 0 aliphatic rings. The van der Waals surface area contributed by atoms with Crippen LogP contribution in [0, 0.1) is 6.92 Å². The Morgan fingerprint density at radius 1 is 0.871 bits per heavy atom. The van der Waals surface area contributed by atoms with Gasteiger partial charge in [0.1, 0.15) is 18.1 Å². The second kappa shape index (κ2) is 11.2. The maximum atomic E-state index is 12.2. The van der Waals surface area contributed by atoms with Crippen LogP contribution in [-0.4, -0.2) is 42.5 Å². The van der Waals surface area contributed by atoms with E-state index in [0.717, 1.165) is 16.8 Å². The first kappa shape index (κ1) is 22.3. The number of aliphatic hydroxyl groups excluding tert-OH is 2. The highest BCUT2D eigenvalue weighted by Gasteiger charge is 2.11. The highest BCUT2D eigenvalue weighted by molar-refractivity contribution is 5.89. The lowest BCUT2D eigenvalue weighted by atomic mass is 10.1. The minimum atomic E-state index is -0.386. The number of hydrogen-bond acceptors (Lipinski definition) is 6. The van der Waals surface area contributed by atoms with E-state index in [1.807, 2.05) is 60.4 Å². The third-order valence-electron chi connectivity index (χ3n) is 4.79. The molecule has 0 saturated heterocycles. The van der Waals surface area contributed by atoms with Gasteiger partial charge in [-0.25, -0.2) is 4.79 Å². The molecule has 0 spiro atoms. The zero-order valence-corrected chi connectivity index (χ0v) is 17.5. The van der Waals surface area contributed by atoms with Gasteiger partial charge in [0.2, 0.25) is 0 Å². The van der Waals surface area contributed by atoms with Crippen LogP contribution in [0.5, 0.6) is 11.5 Å². The molecular weight excluding hydrogens is 394 g/mol. The van der Waals surface area contributed by atoms with Crippen LogP contribution in [0.4, 0.5) is 5.69 Å². The number of rotatable bonds is 10. The molecule has 0 radical (unpaired) electrons. The maximum Gasteiger partial charge on any atom is 0.338 e. The molecule has 6 heteroatoms. The number of carbonyl (C=O) groups excluding carboxylic acids is 1. The number of aryl methyl sites for hydroxylation is 1. The largest absolute Gasteiger partial charge is 0.457 e. The van der Waals surface area contributed by atoms with E-state index < -0.39 is 0 Å². The third kappa shape index (κ3) is 6.31. The predicted octanol–water partition coefficient (Wildman–Crippen LogP) is 3.94. The van der Waals surface area contributed by atoms with Crippen molar-refractivity contribution in [3.63, 3.8) is 0 Å². The van der Waals surface area contributed by atoms with Crippen molar-refractivity contribution in [3.05, 3.63) is 89.5 Å². The SMILES string of the molecule is Cc1cc(Oc2ccc(C(=O)OCc3ccccc3)cc2)ccc1N(CCO)CCO. The number of benzene rings is 3. The van der Waals surface area contributed by atoms with Gasteiger partial charge >= 0.3 is 5.97 Å². The fourth-order valence-corrected chi connectivity index (χ4v) is 3.24. The summed E-state index contributed by atoms with van der Waals surface area (Å²) >= 11 is 0. The standard InChI is InChI=1S/C25H27NO5/c1-19-17-23(11-12-24(19)26(13-15-27)14-16-28)31-22-9-7-21(8-10-22)25(29)30-18-20-5-3-2-4-6-20/h2-12,17,27-28H,13-16,18H2,1H3. The highest BCUT2D eigenvalue weighted by atomic mass is 16.5. The number of carbonyl (C=O) groups is 1. The van der Waals surface area contributed by atoms with E-state index in [0.29, 0.717) is 30.2 Å². The number of esters is 1. The van der Waals surface area contributed by atoms with E-state index >= 15 is 0 Å². The fraction of sp³-hybridized carbons (Fsp3) is 0.240. The van der Waals surface area contributed by atoms with Gasteiger partial charge in [-0.05, 0) is 60.5 Å². The monoisotopic (exact) mass is 421 g/mol. The maximum absolute atomic E-state index is 12.2. The number of nitrogens with zero attached hydrogens (tertiary/aromatic N) is 1. The summed E-state index contributed by atoms with van der Waals surface area (Å²) in [6, 6.07) is 22.0. The molecule has 0 amide bonds. The van der Waals surface area contributed by atoms with Crippen molar-refractivity contribution in [1.29, 1.82) is 0 Å². The van der Waals surface area contributed by atoms with E-state index in [1.165, 1.54) is 0 Å². The average Bonchev–Trinajstić information content (AvgIpc) is 2.79. The Hall–Kier alpha value is -3.35. The van der Waals surface area contributed by atoms with Gasteiger partial charge in [-0.3, -0.25) is 0 Å². The van der Waals surface area contributed by atoms with Gasteiger partial charge in [-0.2, -0.15) is 0 Å². The number of ether oxygens (including phenoxy) is 2. The fourth-order valence-electron chi connectivity index (χ4n) is 3.24. The summed E-state index contributed by atoms with van der Waals surface area (Å²) < 4.78 is 11.3. The van der Waals surface area contributed by atoms with Crippen LogP contribution in [0.2, 0.25) is 0 Å². The normalized spacial score (nSPS) is 10.5. The summed E-state index contributed by atoms with van der Waals surface area (Å²) in [5, 5.41) is 18.5. The van der Waals surface area contributed by atoms with Gasteiger partial charge in [0.05, 0.1) is 18.8 Å². The highest BCUT2D eigenvalue weighted by Crippen LogP contribution is 2.28. The molecule has 0 aromatic heterocycles. The molecule has 162 valence electrons. The molecule has 0 unspecified atom stereocenters. The van der Waals surface area contributed by atoms with Crippen LogP contribution >= 0.6 is 0 Å². The van der Waals surface area contributed by atoms with Crippen LogP contribution in [-0.2, 0) is 11.3 Å². The Labute approximate surface area is 182 Å². The van der Waals surface area contributed by atoms with E-state index in [1.54, 1.807) is 24.3 Å². The molecule has 3 aromatic carbocycles. The summed E-state index contributed by atoms with van der Waals surface area (Å²) in [6.45, 7) is 3.10. The summed E-state index contributed by atoms with van der Waals surface area (Å²) in [7, 11) is 0. The molecule has 31 heavy (non-hydrogen) atoms. The Balaban J connectivity index is 1.61. The predicted molar refractivity (Wildman–Crippen MR) is 120 cm³/mol. The average molecular weight is 421 g/mol. The number of hydrogen-bond donors (Lipinski definition) is 2. The van der Waals surface area contributed by atoms with Crippen molar-refractivity contribution < 1.29 is 24.5 Å². The lowest BCUT2D eigenvalue weighted by Crippen LogP contribution is -2.30. The van der Waals surface area contributed by atoms with Gasteiger partial charge in [0, 0.05) is 18.8 Å². The summed E-state index contributed by atoms with van der Waals surface area (Å²) in [5.41, 5.74) is 3.30. The van der Waals surface area contributed by atoms with Crippen LogP contribution in [0.15, 0.2) is 72.8 Å². The Morgan fingerprint density at radius 3 is 2.13 bits per heavy atom. The molecule has 6 nitrogen and oxygen atoms in total. The van der Waals surface area contributed by atoms with Crippen LogP contribution in [0.1, 0.15) is 21.5 Å². The van der Waals surface area contributed by atoms with Crippen LogP contribution in [0.3, 0.4) is 0 Å². The van der Waals surface area contributed by atoms with Crippen molar-refractivity contribution in [2.45, 2.75) is 13.5 Å². The van der Waals surface area contributed by atoms with E-state index in [2.05, 4.69) is 0 Å². The van der Waals surface area contributed by atoms with Gasteiger partial charge in [0.15, 0.2) is 0 Å².